The Kier molecular flexibility index (Phi) is 5.40. The van der Waals surface area contributed by atoms with Crippen LogP contribution in [0.15, 0.2) is 28.9 Å². The highest BCUT2D eigenvalue weighted by Crippen LogP contribution is 2.35. The number of benzene rings is 1. The van der Waals surface area contributed by atoms with Crippen LogP contribution in [-0.4, -0.2) is 16.0 Å². The minimum absolute atomic E-state index is 0.0169. The van der Waals surface area contributed by atoms with Gasteiger partial charge in [-0.2, -0.15) is 0 Å². The molecule has 158 valence electrons. The molecule has 1 aliphatic carbocycles. The van der Waals surface area contributed by atoms with Gasteiger partial charge in [0, 0.05) is 22.9 Å². The maximum atomic E-state index is 14.1. The van der Waals surface area contributed by atoms with E-state index in [9.17, 15) is 13.6 Å². The average Bonchev–Trinajstić information content (AvgIpc) is 2.97. The van der Waals surface area contributed by atoms with Crippen LogP contribution in [0.5, 0.6) is 0 Å². The van der Waals surface area contributed by atoms with Crippen molar-refractivity contribution in [2.75, 3.05) is 5.32 Å². The Labute approximate surface area is 173 Å². The average molecular weight is 414 g/mol. The highest BCUT2D eigenvalue weighted by Gasteiger charge is 2.27. The van der Waals surface area contributed by atoms with Crippen molar-refractivity contribution in [3.8, 4) is 0 Å². The topological polar surface area (TPSA) is 80.0 Å². The van der Waals surface area contributed by atoms with Gasteiger partial charge in [0.15, 0.2) is 11.4 Å². The number of amides is 2. The van der Waals surface area contributed by atoms with E-state index in [1.165, 1.54) is 12.5 Å². The van der Waals surface area contributed by atoms with Crippen LogP contribution < -0.4 is 10.6 Å². The molecule has 2 amide bonds. The highest BCUT2D eigenvalue weighted by atomic mass is 19.1. The molecule has 2 N–H and O–H groups in total. The molecule has 1 aliphatic rings. The third kappa shape index (κ3) is 3.86. The molecule has 2 aromatic heterocycles. The molecular weight excluding hydrogens is 390 g/mol. The van der Waals surface area contributed by atoms with Crippen molar-refractivity contribution in [1.82, 2.24) is 15.3 Å². The van der Waals surface area contributed by atoms with Crippen LogP contribution in [0.4, 0.5) is 19.3 Å². The van der Waals surface area contributed by atoms with Gasteiger partial charge in [0.25, 0.3) is 0 Å². The zero-order valence-electron chi connectivity index (χ0n) is 17.1. The van der Waals surface area contributed by atoms with E-state index in [0.29, 0.717) is 28.3 Å². The van der Waals surface area contributed by atoms with E-state index in [4.69, 9.17) is 4.42 Å². The molecule has 0 aliphatic heterocycles. The second-order valence-corrected chi connectivity index (χ2v) is 8.13. The summed E-state index contributed by atoms with van der Waals surface area (Å²) in [5.74, 6) is 0.123. The van der Waals surface area contributed by atoms with Crippen molar-refractivity contribution in [3.05, 3.63) is 53.3 Å². The number of halogens is 2. The number of aryl methyl sites for hydroxylation is 1. The fourth-order valence-corrected chi connectivity index (χ4v) is 3.68. The number of anilines is 1. The van der Waals surface area contributed by atoms with Crippen LogP contribution >= 0.6 is 0 Å². The number of fused-ring (bicyclic) bond motifs is 1. The van der Waals surface area contributed by atoms with Crippen LogP contribution in [-0.2, 0) is 0 Å². The van der Waals surface area contributed by atoms with Crippen LogP contribution in [0.1, 0.15) is 62.2 Å². The van der Waals surface area contributed by atoms with Gasteiger partial charge in [-0.1, -0.05) is 20.3 Å². The molecule has 1 unspecified atom stereocenters. The molecule has 8 heteroatoms. The quantitative estimate of drug-likeness (QED) is 0.570. The number of aromatic nitrogens is 2. The second kappa shape index (κ2) is 8.01. The number of carbonyl (C=O) groups excluding carboxylic acids is 1. The molecule has 30 heavy (non-hydrogen) atoms. The van der Waals surface area contributed by atoms with E-state index < -0.39 is 23.7 Å². The molecule has 0 spiro atoms. The predicted molar refractivity (Wildman–Crippen MR) is 109 cm³/mol. The van der Waals surface area contributed by atoms with Crippen molar-refractivity contribution in [2.24, 2.45) is 5.92 Å². The van der Waals surface area contributed by atoms with Gasteiger partial charge in [0.2, 0.25) is 0 Å². The van der Waals surface area contributed by atoms with E-state index >= 15 is 0 Å². The third-order valence-corrected chi connectivity index (χ3v) is 5.63. The van der Waals surface area contributed by atoms with Crippen LogP contribution in [0, 0.1) is 24.5 Å². The van der Waals surface area contributed by atoms with Crippen molar-refractivity contribution < 1.29 is 18.0 Å². The highest BCUT2D eigenvalue weighted by molar-refractivity contribution is 5.89. The maximum absolute atomic E-state index is 14.1. The number of rotatable bonds is 5. The lowest BCUT2D eigenvalue weighted by Crippen LogP contribution is -2.35. The van der Waals surface area contributed by atoms with E-state index in [-0.39, 0.29) is 11.5 Å². The molecule has 0 saturated heterocycles. The Morgan fingerprint density at radius 2 is 1.90 bits per heavy atom. The summed E-state index contributed by atoms with van der Waals surface area (Å²) in [6, 6.07) is 1.03. The fraction of sp³-hybridized carbons (Fsp3) is 0.409. The fourth-order valence-electron chi connectivity index (χ4n) is 3.68. The number of carbonyl (C=O) groups is 1. The Balaban J connectivity index is 1.52. The Hall–Kier alpha value is -3.03. The summed E-state index contributed by atoms with van der Waals surface area (Å²) in [7, 11) is 0. The Morgan fingerprint density at radius 3 is 2.50 bits per heavy atom. The molecule has 0 bridgehead atoms. The van der Waals surface area contributed by atoms with Crippen LogP contribution in [0.3, 0.4) is 0 Å². The largest absolute Gasteiger partial charge is 0.455 e. The molecule has 1 aromatic carbocycles. The van der Waals surface area contributed by atoms with Gasteiger partial charge in [-0.3, -0.25) is 0 Å². The molecule has 4 rings (SSSR count). The van der Waals surface area contributed by atoms with Gasteiger partial charge in [-0.15, -0.1) is 0 Å². The van der Waals surface area contributed by atoms with Crippen molar-refractivity contribution in [1.29, 1.82) is 0 Å². The lowest BCUT2D eigenvalue weighted by molar-refractivity contribution is 0.241. The number of hydrogen-bond acceptors (Lipinski definition) is 4. The number of urea groups is 1. The molecule has 6 nitrogen and oxygen atoms in total. The number of nitrogens with zero attached hydrogens (tertiary/aromatic N) is 2. The lowest BCUT2D eigenvalue weighted by Gasteiger charge is -2.23. The second-order valence-electron chi connectivity index (χ2n) is 8.13. The summed E-state index contributed by atoms with van der Waals surface area (Å²) < 4.78 is 33.5. The first-order valence-electron chi connectivity index (χ1n) is 10.1. The number of nitrogens with one attached hydrogen (secondary N) is 2. The van der Waals surface area contributed by atoms with Crippen molar-refractivity contribution >= 4 is 22.7 Å². The smallest absolute Gasteiger partial charge is 0.319 e. The summed E-state index contributed by atoms with van der Waals surface area (Å²) in [5.41, 5.74) is 1.06. The Bertz CT molecular complexity index is 1070. The molecule has 0 radical (unpaired) electrons. The molecule has 1 saturated carbocycles. The molecular formula is C22H24F2N4O2. The number of furan rings is 1. The van der Waals surface area contributed by atoms with Gasteiger partial charge < -0.3 is 15.1 Å². The first-order valence-corrected chi connectivity index (χ1v) is 10.1. The first kappa shape index (κ1) is 20.3. The predicted octanol–water partition coefficient (Wildman–Crippen LogP) is 5.60. The zero-order valence-corrected chi connectivity index (χ0v) is 17.1. The molecule has 1 fully saturated rings. The minimum atomic E-state index is -0.769. The summed E-state index contributed by atoms with van der Waals surface area (Å²) in [6.07, 6.45) is 6.59. The summed E-state index contributed by atoms with van der Waals surface area (Å²) in [6.45, 7) is 5.54. The van der Waals surface area contributed by atoms with Crippen LogP contribution in [0.25, 0.3) is 11.0 Å². The lowest BCUT2D eigenvalue weighted by atomic mass is 9.85. The van der Waals surface area contributed by atoms with Gasteiger partial charge in [0.1, 0.15) is 17.4 Å². The van der Waals surface area contributed by atoms with E-state index in [0.717, 1.165) is 24.7 Å². The molecule has 3 aromatic rings. The third-order valence-electron chi connectivity index (χ3n) is 5.63. The summed E-state index contributed by atoms with van der Waals surface area (Å²) >= 11 is 0. The monoisotopic (exact) mass is 414 g/mol. The number of hydrogen-bond donors (Lipinski definition) is 2. The minimum Gasteiger partial charge on any atom is -0.455 e. The van der Waals surface area contributed by atoms with Gasteiger partial charge in [-0.05, 0) is 31.7 Å². The normalized spacial score (nSPS) is 15.3. The van der Waals surface area contributed by atoms with Crippen molar-refractivity contribution in [2.45, 2.75) is 52.0 Å². The van der Waals surface area contributed by atoms with E-state index in [2.05, 4.69) is 20.6 Å². The van der Waals surface area contributed by atoms with Gasteiger partial charge >= 0.3 is 6.03 Å². The standard InChI is InChI=1S/C22H24F2N4O2/c1-11(2)18(19-12(3)16-7-14(23)8-17(24)20(16)30-19)28-22(29)27-15-9-25-21(26-10-15)13-5-4-6-13/h7-11,13,18H,4-6H2,1-3H3,(H2,27,28,29). The van der Waals surface area contributed by atoms with Gasteiger partial charge in [0.05, 0.1) is 24.1 Å². The zero-order chi connectivity index (χ0) is 21.4. The van der Waals surface area contributed by atoms with E-state index in [1.807, 2.05) is 13.8 Å². The summed E-state index contributed by atoms with van der Waals surface area (Å²) in [4.78, 5) is 21.3. The van der Waals surface area contributed by atoms with Crippen LogP contribution in [0.2, 0.25) is 0 Å². The summed E-state index contributed by atoms with van der Waals surface area (Å²) in [5, 5.41) is 5.94. The SMILES string of the molecule is Cc1c(C(NC(=O)Nc2cnc(C3CCC3)nc2)C(C)C)oc2c(F)cc(F)cc12. The molecule has 1 atom stereocenters. The van der Waals surface area contributed by atoms with Gasteiger partial charge in [-0.25, -0.2) is 23.5 Å². The van der Waals surface area contributed by atoms with E-state index in [1.54, 1.807) is 19.3 Å². The Morgan fingerprint density at radius 1 is 1.20 bits per heavy atom. The maximum Gasteiger partial charge on any atom is 0.319 e. The van der Waals surface area contributed by atoms with Crippen molar-refractivity contribution in [3.63, 3.8) is 0 Å². The molecule has 2 heterocycles. The first-order chi connectivity index (χ1) is 14.3.